The first-order valence-electron chi connectivity index (χ1n) is 6.22. The third-order valence-corrected chi connectivity index (χ3v) is 3.59. The molecule has 0 saturated carbocycles. The van der Waals surface area contributed by atoms with Gasteiger partial charge in [0.05, 0.1) is 12.7 Å². The second kappa shape index (κ2) is 4.61. The third kappa shape index (κ3) is 2.94. The molecule has 94 valence electrons. The maximum absolute atomic E-state index is 5.76. The van der Waals surface area contributed by atoms with Crippen molar-refractivity contribution in [3.05, 3.63) is 0 Å². The van der Waals surface area contributed by atoms with Crippen molar-refractivity contribution in [1.29, 1.82) is 0 Å². The average Bonchev–Trinajstić information content (AvgIpc) is 2.68. The zero-order chi connectivity index (χ0) is 11.8. The van der Waals surface area contributed by atoms with Crippen LogP contribution in [0.25, 0.3) is 0 Å². The Morgan fingerprint density at radius 1 is 1.44 bits per heavy atom. The van der Waals surface area contributed by atoms with Gasteiger partial charge in [-0.2, -0.15) is 0 Å². The average molecular weight is 228 g/mol. The first kappa shape index (κ1) is 12.3. The van der Waals surface area contributed by atoms with Crippen LogP contribution in [-0.2, 0) is 9.47 Å². The molecular weight excluding hydrogens is 204 g/mol. The summed E-state index contributed by atoms with van der Waals surface area (Å²) < 4.78 is 11.3. The van der Waals surface area contributed by atoms with Gasteiger partial charge < -0.3 is 19.7 Å². The summed E-state index contributed by atoms with van der Waals surface area (Å²) in [5.41, 5.74) is 0. The van der Waals surface area contributed by atoms with E-state index in [1.165, 1.54) is 6.42 Å². The van der Waals surface area contributed by atoms with Crippen LogP contribution in [0.5, 0.6) is 0 Å². The molecule has 2 aliphatic rings. The van der Waals surface area contributed by atoms with Crippen LogP contribution < -0.4 is 5.32 Å². The van der Waals surface area contributed by atoms with E-state index < -0.39 is 5.79 Å². The number of rotatable bonds is 3. The lowest BCUT2D eigenvalue weighted by Gasteiger charge is -2.19. The molecule has 0 spiro atoms. The molecular formula is C12H24N2O2. The maximum atomic E-state index is 5.76. The summed E-state index contributed by atoms with van der Waals surface area (Å²) >= 11 is 0. The van der Waals surface area contributed by atoms with Crippen molar-refractivity contribution in [2.75, 3.05) is 26.7 Å². The molecule has 0 amide bonds. The molecule has 2 heterocycles. The van der Waals surface area contributed by atoms with Gasteiger partial charge in [0.2, 0.25) is 0 Å². The van der Waals surface area contributed by atoms with E-state index in [-0.39, 0.29) is 6.10 Å². The van der Waals surface area contributed by atoms with Crippen LogP contribution in [0.15, 0.2) is 0 Å². The van der Waals surface area contributed by atoms with E-state index in [0.717, 1.165) is 13.1 Å². The van der Waals surface area contributed by atoms with Gasteiger partial charge in [0.1, 0.15) is 0 Å². The predicted molar refractivity (Wildman–Crippen MR) is 63.4 cm³/mol. The Morgan fingerprint density at radius 2 is 2.19 bits per heavy atom. The lowest BCUT2D eigenvalue weighted by molar-refractivity contribution is -0.137. The van der Waals surface area contributed by atoms with Gasteiger partial charge in [-0.25, -0.2) is 0 Å². The molecule has 0 aromatic carbocycles. The van der Waals surface area contributed by atoms with Crippen LogP contribution in [0.4, 0.5) is 0 Å². The Hall–Kier alpha value is -0.160. The molecule has 2 aliphatic heterocycles. The fourth-order valence-electron chi connectivity index (χ4n) is 2.50. The molecule has 4 heteroatoms. The zero-order valence-corrected chi connectivity index (χ0v) is 10.8. The van der Waals surface area contributed by atoms with Gasteiger partial charge >= 0.3 is 0 Å². The van der Waals surface area contributed by atoms with E-state index >= 15 is 0 Å². The van der Waals surface area contributed by atoms with Crippen LogP contribution in [0.2, 0.25) is 0 Å². The Balaban J connectivity index is 1.69. The molecule has 0 aromatic rings. The minimum absolute atomic E-state index is 0.205. The largest absolute Gasteiger partial charge is 0.348 e. The highest BCUT2D eigenvalue weighted by Gasteiger charge is 2.33. The van der Waals surface area contributed by atoms with Crippen molar-refractivity contribution in [2.45, 2.75) is 51.2 Å². The Kier molecular flexibility index (Phi) is 3.54. The van der Waals surface area contributed by atoms with Gasteiger partial charge in [0, 0.05) is 25.2 Å². The normalized spacial score (nSPS) is 39.4. The molecule has 0 aromatic heterocycles. The number of likely N-dealkylation sites (tertiary alicyclic amines) is 1. The third-order valence-electron chi connectivity index (χ3n) is 3.59. The van der Waals surface area contributed by atoms with Crippen molar-refractivity contribution < 1.29 is 9.47 Å². The van der Waals surface area contributed by atoms with Crippen molar-refractivity contribution in [2.24, 2.45) is 0 Å². The molecule has 3 unspecified atom stereocenters. The fraction of sp³-hybridized carbons (Fsp3) is 1.00. The van der Waals surface area contributed by atoms with Crippen molar-refractivity contribution in [3.8, 4) is 0 Å². The SMILES string of the molecule is CC1CC(NCC2COC(C)(C)O2)CN1C. The summed E-state index contributed by atoms with van der Waals surface area (Å²) in [6.45, 7) is 8.96. The predicted octanol–water partition coefficient (Wildman–Crippen LogP) is 0.820. The van der Waals surface area contributed by atoms with Crippen molar-refractivity contribution in [1.82, 2.24) is 10.2 Å². The molecule has 3 atom stereocenters. The zero-order valence-electron chi connectivity index (χ0n) is 10.8. The van der Waals surface area contributed by atoms with Crippen LogP contribution in [0, 0.1) is 0 Å². The molecule has 1 N–H and O–H groups in total. The summed E-state index contributed by atoms with van der Waals surface area (Å²) in [5, 5.41) is 3.58. The van der Waals surface area contributed by atoms with E-state index in [1.54, 1.807) is 0 Å². The number of likely N-dealkylation sites (N-methyl/N-ethyl adjacent to an activating group) is 1. The smallest absolute Gasteiger partial charge is 0.163 e. The van der Waals surface area contributed by atoms with E-state index in [9.17, 15) is 0 Å². The van der Waals surface area contributed by atoms with Crippen LogP contribution in [0.1, 0.15) is 27.2 Å². The molecule has 0 bridgehead atoms. The summed E-state index contributed by atoms with van der Waals surface area (Å²) in [6.07, 6.45) is 1.43. The molecule has 2 saturated heterocycles. The van der Waals surface area contributed by atoms with Crippen LogP contribution in [0.3, 0.4) is 0 Å². The number of hydrogen-bond acceptors (Lipinski definition) is 4. The molecule has 0 aliphatic carbocycles. The number of ether oxygens (including phenoxy) is 2. The Labute approximate surface area is 98.3 Å². The second-order valence-electron chi connectivity index (χ2n) is 5.58. The monoisotopic (exact) mass is 228 g/mol. The maximum Gasteiger partial charge on any atom is 0.163 e. The molecule has 16 heavy (non-hydrogen) atoms. The molecule has 4 nitrogen and oxygen atoms in total. The fourth-order valence-corrected chi connectivity index (χ4v) is 2.50. The van der Waals surface area contributed by atoms with E-state index in [1.807, 2.05) is 13.8 Å². The first-order valence-corrected chi connectivity index (χ1v) is 6.22. The van der Waals surface area contributed by atoms with Crippen molar-refractivity contribution >= 4 is 0 Å². The Bertz CT molecular complexity index is 233. The Morgan fingerprint density at radius 3 is 2.69 bits per heavy atom. The summed E-state index contributed by atoms with van der Waals surface area (Å²) in [7, 11) is 2.19. The van der Waals surface area contributed by atoms with Gasteiger partial charge in [-0.1, -0.05) is 0 Å². The van der Waals surface area contributed by atoms with E-state index in [0.29, 0.717) is 18.7 Å². The van der Waals surface area contributed by atoms with Gasteiger partial charge in [0.15, 0.2) is 5.79 Å². The first-order chi connectivity index (χ1) is 7.46. The van der Waals surface area contributed by atoms with Crippen LogP contribution >= 0.6 is 0 Å². The molecule has 2 rings (SSSR count). The number of nitrogens with one attached hydrogen (secondary N) is 1. The topological polar surface area (TPSA) is 33.7 Å². The number of hydrogen-bond donors (Lipinski definition) is 1. The van der Waals surface area contributed by atoms with E-state index in [4.69, 9.17) is 9.47 Å². The summed E-state index contributed by atoms with van der Waals surface area (Å²) in [5.74, 6) is -0.397. The highest BCUT2D eigenvalue weighted by atomic mass is 16.7. The highest BCUT2D eigenvalue weighted by molar-refractivity contribution is 4.86. The summed E-state index contributed by atoms with van der Waals surface area (Å²) in [6, 6.07) is 1.29. The quantitative estimate of drug-likeness (QED) is 0.775. The van der Waals surface area contributed by atoms with Gasteiger partial charge in [-0.15, -0.1) is 0 Å². The van der Waals surface area contributed by atoms with Crippen molar-refractivity contribution in [3.63, 3.8) is 0 Å². The standard InChI is InChI=1S/C12H24N2O2/c1-9-5-10(7-14(9)4)13-6-11-8-15-12(2,3)16-11/h9-11,13H,5-8H2,1-4H3. The molecule has 0 radical (unpaired) electrons. The second-order valence-corrected chi connectivity index (χ2v) is 5.58. The minimum Gasteiger partial charge on any atom is -0.348 e. The van der Waals surface area contributed by atoms with Crippen LogP contribution in [-0.4, -0.2) is 55.6 Å². The molecule has 2 fully saturated rings. The minimum atomic E-state index is -0.397. The lowest BCUT2D eigenvalue weighted by atomic mass is 10.2. The summed E-state index contributed by atoms with van der Waals surface area (Å²) in [4.78, 5) is 2.40. The van der Waals surface area contributed by atoms with Gasteiger partial charge in [0.25, 0.3) is 0 Å². The van der Waals surface area contributed by atoms with Gasteiger partial charge in [-0.05, 0) is 34.2 Å². The lowest BCUT2D eigenvalue weighted by Crippen LogP contribution is -2.38. The highest BCUT2D eigenvalue weighted by Crippen LogP contribution is 2.22. The number of nitrogens with zero attached hydrogens (tertiary/aromatic N) is 1. The van der Waals surface area contributed by atoms with E-state index in [2.05, 4.69) is 24.2 Å². The van der Waals surface area contributed by atoms with Gasteiger partial charge in [-0.3, -0.25) is 0 Å².